The molecule has 0 radical (unpaired) electrons. The highest BCUT2D eigenvalue weighted by Crippen LogP contribution is 2.32. The Kier molecular flexibility index (Phi) is 5.51. The van der Waals surface area contributed by atoms with Gasteiger partial charge in [-0.2, -0.15) is 0 Å². The predicted molar refractivity (Wildman–Crippen MR) is 95.6 cm³/mol. The number of piperazine rings is 1. The molecule has 1 amide bonds. The number of hydrogen-bond donors (Lipinski definition) is 0. The predicted octanol–water partition coefficient (Wildman–Crippen LogP) is 1.99. The Morgan fingerprint density at radius 1 is 1.21 bits per heavy atom. The second kappa shape index (κ2) is 7.62. The van der Waals surface area contributed by atoms with Gasteiger partial charge in [-0.3, -0.25) is 19.6 Å². The first-order valence-corrected chi connectivity index (χ1v) is 9.31. The van der Waals surface area contributed by atoms with Crippen molar-refractivity contribution in [1.82, 2.24) is 19.7 Å². The molecule has 5 heteroatoms. The maximum absolute atomic E-state index is 12.0. The zero-order valence-electron chi connectivity index (χ0n) is 15.1. The number of pyridine rings is 1. The van der Waals surface area contributed by atoms with Crippen molar-refractivity contribution in [3.05, 3.63) is 30.1 Å². The molecule has 3 rings (SSSR count). The minimum atomic E-state index is 0.200. The fraction of sp³-hybridized carbons (Fsp3) is 0.684. The van der Waals surface area contributed by atoms with Crippen molar-refractivity contribution in [2.45, 2.75) is 45.2 Å². The molecule has 0 saturated carbocycles. The molecule has 1 aromatic rings. The Balaban J connectivity index is 1.56. The van der Waals surface area contributed by atoms with E-state index in [0.29, 0.717) is 12.3 Å². The molecule has 2 aliphatic rings. The third-order valence-electron chi connectivity index (χ3n) is 5.82. The molecule has 5 nitrogen and oxygen atoms in total. The SMILES string of the molecule is CCC(=O)N1CCC(CC)(N2CCN(Cc3cccnc3)CC2)C1. The molecule has 3 heterocycles. The highest BCUT2D eigenvalue weighted by atomic mass is 16.2. The van der Waals surface area contributed by atoms with Crippen LogP contribution in [0.4, 0.5) is 0 Å². The molecular formula is C19H30N4O. The molecule has 1 aromatic heterocycles. The van der Waals surface area contributed by atoms with Crippen molar-refractivity contribution >= 4 is 5.91 Å². The molecule has 2 fully saturated rings. The number of aromatic nitrogens is 1. The van der Waals surface area contributed by atoms with E-state index in [1.807, 2.05) is 25.4 Å². The number of carbonyl (C=O) groups is 1. The number of likely N-dealkylation sites (tertiary alicyclic amines) is 1. The molecule has 2 saturated heterocycles. The summed E-state index contributed by atoms with van der Waals surface area (Å²) in [6, 6.07) is 4.16. The molecule has 0 spiro atoms. The van der Waals surface area contributed by atoms with Crippen LogP contribution in [0.25, 0.3) is 0 Å². The van der Waals surface area contributed by atoms with Crippen LogP contribution in [0, 0.1) is 0 Å². The number of carbonyl (C=O) groups excluding carboxylic acids is 1. The summed E-state index contributed by atoms with van der Waals surface area (Å²) in [6.07, 6.45) is 6.67. The van der Waals surface area contributed by atoms with Gasteiger partial charge >= 0.3 is 0 Å². The van der Waals surface area contributed by atoms with Crippen LogP contribution in [-0.4, -0.2) is 70.4 Å². The van der Waals surface area contributed by atoms with E-state index >= 15 is 0 Å². The van der Waals surface area contributed by atoms with Gasteiger partial charge in [-0.25, -0.2) is 0 Å². The zero-order valence-corrected chi connectivity index (χ0v) is 15.1. The van der Waals surface area contributed by atoms with Gasteiger partial charge in [0.05, 0.1) is 0 Å². The standard InChI is InChI=1S/C19H30N4O/c1-3-18(24)22-9-7-19(4-2,16-22)23-12-10-21(11-13-23)15-17-6-5-8-20-14-17/h5-6,8,14H,3-4,7,9-13,15-16H2,1-2H3. The molecule has 0 bridgehead atoms. The smallest absolute Gasteiger partial charge is 0.222 e. The second-order valence-electron chi connectivity index (χ2n) is 7.12. The van der Waals surface area contributed by atoms with Gasteiger partial charge in [-0.15, -0.1) is 0 Å². The second-order valence-corrected chi connectivity index (χ2v) is 7.12. The molecule has 0 aromatic carbocycles. The summed E-state index contributed by atoms with van der Waals surface area (Å²) in [5.41, 5.74) is 1.49. The summed E-state index contributed by atoms with van der Waals surface area (Å²) >= 11 is 0. The van der Waals surface area contributed by atoms with Crippen LogP contribution in [0.15, 0.2) is 24.5 Å². The van der Waals surface area contributed by atoms with E-state index in [0.717, 1.165) is 58.7 Å². The summed E-state index contributed by atoms with van der Waals surface area (Å²) in [7, 11) is 0. The number of hydrogen-bond acceptors (Lipinski definition) is 4. The van der Waals surface area contributed by atoms with Gasteiger partial charge in [0.25, 0.3) is 0 Å². The molecule has 2 aliphatic heterocycles. The van der Waals surface area contributed by atoms with Crippen molar-refractivity contribution in [2.75, 3.05) is 39.3 Å². The van der Waals surface area contributed by atoms with Crippen LogP contribution in [0.5, 0.6) is 0 Å². The highest BCUT2D eigenvalue weighted by molar-refractivity contribution is 5.76. The average molecular weight is 330 g/mol. The number of nitrogens with zero attached hydrogens (tertiary/aromatic N) is 4. The number of amides is 1. The molecule has 0 aliphatic carbocycles. The van der Waals surface area contributed by atoms with E-state index in [2.05, 4.69) is 32.7 Å². The Hall–Kier alpha value is -1.46. The minimum Gasteiger partial charge on any atom is -0.341 e. The molecular weight excluding hydrogens is 300 g/mol. The summed E-state index contributed by atoms with van der Waals surface area (Å²) in [6.45, 7) is 11.5. The van der Waals surface area contributed by atoms with E-state index < -0.39 is 0 Å². The van der Waals surface area contributed by atoms with E-state index in [4.69, 9.17) is 0 Å². The largest absolute Gasteiger partial charge is 0.341 e. The van der Waals surface area contributed by atoms with Crippen molar-refractivity contribution in [3.8, 4) is 0 Å². The summed E-state index contributed by atoms with van der Waals surface area (Å²) < 4.78 is 0. The highest BCUT2D eigenvalue weighted by Gasteiger charge is 2.43. The van der Waals surface area contributed by atoms with Gasteiger partial charge in [0.2, 0.25) is 5.91 Å². The van der Waals surface area contributed by atoms with Crippen LogP contribution < -0.4 is 0 Å². The van der Waals surface area contributed by atoms with E-state index in [-0.39, 0.29) is 5.54 Å². The quantitative estimate of drug-likeness (QED) is 0.828. The first kappa shape index (κ1) is 17.4. The van der Waals surface area contributed by atoms with Gasteiger partial charge in [-0.05, 0) is 24.5 Å². The lowest BCUT2D eigenvalue weighted by molar-refractivity contribution is -0.130. The van der Waals surface area contributed by atoms with Crippen LogP contribution in [0.2, 0.25) is 0 Å². The third kappa shape index (κ3) is 3.62. The van der Waals surface area contributed by atoms with Crippen molar-refractivity contribution < 1.29 is 4.79 Å². The fourth-order valence-electron chi connectivity index (χ4n) is 4.19. The Morgan fingerprint density at radius 2 is 2.00 bits per heavy atom. The minimum absolute atomic E-state index is 0.200. The first-order chi connectivity index (χ1) is 11.7. The average Bonchev–Trinajstić information content (AvgIpc) is 3.08. The topological polar surface area (TPSA) is 39.7 Å². The van der Waals surface area contributed by atoms with E-state index in [9.17, 15) is 4.79 Å². The van der Waals surface area contributed by atoms with Crippen LogP contribution >= 0.6 is 0 Å². The van der Waals surface area contributed by atoms with Gasteiger partial charge in [0.1, 0.15) is 0 Å². The Morgan fingerprint density at radius 3 is 2.62 bits per heavy atom. The van der Waals surface area contributed by atoms with Gasteiger partial charge in [0.15, 0.2) is 0 Å². The van der Waals surface area contributed by atoms with Crippen LogP contribution in [-0.2, 0) is 11.3 Å². The maximum Gasteiger partial charge on any atom is 0.222 e. The van der Waals surface area contributed by atoms with Gasteiger partial charge < -0.3 is 4.90 Å². The molecule has 1 atom stereocenters. The summed E-state index contributed by atoms with van der Waals surface area (Å²) in [5, 5.41) is 0. The number of rotatable bonds is 5. The van der Waals surface area contributed by atoms with Crippen molar-refractivity contribution in [1.29, 1.82) is 0 Å². The summed E-state index contributed by atoms with van der Waals surface area (Å²) in [5.74, 6) is 0.306. The normalized spacial score (nSPS) is 26.0. The lowest BCUT2D eigenvalue weighted by Crippen LogP contribution is -2.58. The lowest BCUT2D eigenvalue weighted by Gasteiger charge is -2.45. The molecule has 132 valence electrons. The molecule has 1 unspecified atom stereocenters. The Bertz CT molecular complexity index is 542. The monoisotopic (exact) mass is 330 g/mol. The van der Waals surface area contributed by atoms with Gasteiger partial charge in [0, 0.05) is 70.2 Å². The maximum atomic E-state index is 12.0. The van der Waals surface area contributed by atoms with Crippen molar-refractivity contribution in [3.63, 3.8) is 0 Å². The Labute approximate surface area is 145 Å². The summed E-state index contributed by atoms with van der Waals surface area (Å²) in [4.78, 5) is 23.5. The zero-order chi connectivity index (χ0) is 17.0. The van der Waals surface area contributed by atoms with Crippen molar-refractivity contribution in [2.24, 2.45) is 0 Å². The fourth-order valence-corrected chi connectivity index (χ4v) is 4.19. The third-order valence-corrected chi connectivity index (χ3v) is 5.82. The van der Waals surface area contributed by atoms with E-state index in [1.54, 1.807) is 0 Å². The molecule has 24 heavy (non-hydrogen) atoms. The van der Waals surface area contributed by atoms with Crippen LogP contribution in [0.1, 0.15) is 38.7 Å². The molecule has 0 N–H and O–H groups in total. The van der Waals surface area contributed by atoms with E-state index in [1.165, 1.54) is 5.56 Å². The van der Waals surface area contributed by atoms with Gasteiger partial charge in [-0.1, -0.05) is 19.9 Å². The first-order valence-electron chi connectivity index (χ1n) is 9.31. The van der Waals surface area contributed by atoms with Crippen LogP contribution in [0.3, 0.4) is 0 Å². The lowest BCUT2D eigenvalue weighted by atomic mass is 9.92.